The van der Waals surface area contributed by atoms with Crippen molar-refractivity contribution in [3.8, 4) is 11.5 Å². The summed E-state index contributed by atoms with van der Waals surface area (Å²) in [5.41, 5.74) is 0.139. The Hall–Kier alpha value is -2.24. The van der Waals surface area contributed by atoms with E-state index >= 15 is 0 Å². The molecule has 0 amide bonds. The number of ether oxygens (including phenoxy) is 3. The van der Waals surface area contributed by atoms with Crippen LogP contribution in [-0.2, 0) is 19.1 Å². The number of esters is 2. The van der Waals surface area contributed by atoms with E-state index < -0.39 is 18.2 Å². The highest BCUT2D eigenvalue weighted by molar-refractivity contribution is 5.69. The van der Waals surface area contributed by atoms with Gasteiger partial charge < -0.3 is 19.3 Å². The molecule has 6 nitrogen and oxygen atoms in total. The van der Waals surface area contributed by atoms with Gasteiger partial charge in [0.15, 0.2) is 11.5 Å². The average molecular weight is 254 g/mol. The number of rotatable bonds is 4. The zero-order valence-electron chi connectivity index (χ0n) is 10.3. The third-order valence-electron chi connectivity index (χ3n) is 2.05. The summed E-state index contributed by atoms with van der Waals surface area (Å²) < 4.78 is 14.6. The van der Waals surface area contributed by atoms with Gasteiger partial charge in [-0.1, -0.05) is 6.07 Å². The number of hydrogen-bond donors (Lipinski definition) is 1. The fraction of sp³-hybridized carbons (Fsp3) is 0.333. The Morgan fingerprint density at radius 2 is 1.72 bits per heavy atom. The number of carbonyl (C=O) groups excluding carboxylic acids is 2. The molecule has 1 rings (SSSR count). The second kappa shape index (κ2) is 5.90. The number of methoxy groups -OCH3 is 1. The zero-order valence-corrected chi connectivity index (χ0v) is 10.3. The van der Waals surface area contributed by atoms with Crippen LogP contribution >= 0.6 is 0 Å². The summed E-state index contributed by atoms with van der Waals surface area (Å²) >= 11 is 0. The summed E-state index contributed by atoms with van der Waals surface area (Å²) in [4.78, 5) is 21.9. The second-order valence-corrected chi connectivity index (χ2v) is 3.45. The van der Waals surface area contributed by atoms with E-state index in [1.807, 2.05) is 0 Å². The Kier molecular flexibility index (Phi) is 4.53. The van der Waals surface area contributed by atoms with Gasteiger partial charge in [-0.2, -0.15) is 0 Å². The molecule has 0 aliphatic carbocycles. The lowest BCUT2D eigenvalue weighted by Gasteiger charge is -2.18. The van der Waals surface area contributed by atoms with Gasteiger partial charge in [0, 0.05) is 13.8 Å². The van der Waals surface area contributed by atoms with Gasteiger partial charge >= 0.3 is 11.9 Å². The minimum Gasteiger partial charge on any atom is -0.504 e. The molecule has 98 valence electrons. The van der Waals surface area contributed by atoms with E-state index in [9.17, 15) is 14.7 Å². The fourth-order valence-corrected chi connectivity index (χ4v) is 1.35. The van der Waals surface area contributed by atoms with Crippen molar-refractivity contribution in [3.05, 3.63) is 23.8 Å². The molecule has 0 fully saturated rings. The van der Waals surface area contributed by atoms with Crippen LogP contribution in [0.25, 0.3) is 0 Å². The molecule has 0 aliphatic heterocycles. The molecule has 6 heteroatoms. The monoisotopic (exact) mass is 254 g/mol. The van der Waals surface area contributed by atoms with Crippen molar-refractivity contribution in [1.82, 2.24) is 0 Å². The van der Waals surface area contributed by atoms with E-state index in [0.29, 0.717) is 0 Å². The molecule has 0 saturated carbocycles. The number of hydrogen-bond acceptors (Lipinski definition) is 6. The molecule has 1 aromatic carbocycles. The van der Waals surface area contributed by atoms with Crippen molar-refractivity contribution in [3.63, 3.8) is 0 Å². The van der Waals surface area contributed by atoms with E-state index in [1.54, 1.807) is 6.07 Å². The molecule has 0 aliphatic rings. The molecule has 0 spiro atoms. The minimum absolute atomic E-state index is 0.139. The Morgan fingerprint density at radius 3 is 2.17 bits per heavy atom. The first-order valence-electron chi connectivity index (χ1n) is 5.16. The van der Waals surface area contributed by atoms with Crippen LogP contribution in [0.3, 0.4) is 0 Å². The molecule has 18 heavy (non-hydrogen) atoms. The highest BCUT2D eigenvalue weighted by atomic mass is 16.7. The first-order chi connectivity index (χ1) is 8.45. The van der Waals surface area contributed by atoms with Gasteiger partial charge in [-0.05, 0) is 12.1 Å². The number of benzene rings is 1. The van der Waals surface area contributed by atoms with E-state index in [4.69, 9.17) is 14.2 Å². The third kappa shape index (κ3) is 3.38. The van der Waals surface area contributed by atoms with Crippen molar-refractivity contribution in [2.75, 3.05) is 7.11 Å². The van der Waals surface area contributed by atoms with Gasteiger partial charge in [-0.15, -0.1) is 0 Å². The quantitative estimate of drug-likeness (QED) is 0.648. The van der Waals surface area contributed by atoms with Gasteiger partial charge in [-0.3, -0.25) is 9.59 Å². The first-order valence-corrected chi connectivity index (χ1v) is 5.16. The van der Waals surface area contributed by atoms with Gasteiger partial charge in [0.2, 0.25) is 0 Å². The number of aromatic hydroxyl groups is 1. The zero-order chi connectivity index (χ0) is 13.7. The highest BCUT2D eigenvalue weighted by Crippen LogP contribution is 2.35. The molecular formula is C12H14O6. The largest absolute Gasteiger partial charge is 0.504 e. The minimum atomic E-state index is -1.30. The Morgan fingerprint density at radius 1 is 1.17 bits per heavy atom. The topological polar surface area (TPSA) is 82.1 Å². The van der Waals surface area contributed by atoms with Gasteiger partial charge in [0.1, 0.15) is 0 Å². The predicted octanol–water partition coefficient (Wildman–Crippen LogP) is 1.53. The second-order valence-electron chi connectivity index (χ2n) is 3.45. The summed E-state index contributed by atoms with van der Waals surface area (Å²) in [7, 11) is 1.38. The van der Waals surface area contributed by atoms with Crippen molar-refractivity contribution < 1.29 is 28.9 Å². The van der Waals surface area contributed by atoms with E-state index in [-0.39, 0.29) is 17.1 Å². The molecule has 0 radical (unpaired) electrons. The molecule has 0 heterocycles. The van der Waals surface area contributed by atoms with Gasteiger partial charge in [0.25, 0.3) is 6.29 Å². The summed E-state index contributed by atoms with van der Waals surface area (Å²) in [5.74, 6) is -1.32. The van der Waals surface area contributed by atoms with E-state index in [2.05, 4.69) is 0 Å². The molecular weight excluding hydrogens is 240 g/mol. The summed E-state index contributed by atoms with van der Waals surface area (Å²) in [6.45, 7) is 2.35. The maximum atomic E-state index is 10.9. The van der Waals surface area contributed by atoms with E-state index in [0.717, 1.165) is 0 Å². The summed E-state index contributed by atoms with van der Waals surface area (Å²) in [6.07, 6.45) is -1.30. The maximum absolute atomic E-state index is 10.9. The Balaban J connectivity index is 3.11. The van der Waals surface area contributed by atoms with Gasteiger partial charge in [0.05, 0.1) is 12.7 Å². The smallest absolute Gasteiger partial charge is 0.305 e. The van der Waals surface area contributed by atoms with Crippen LogP contribution in [-0.4, -0.2) is 24.2 Å². The van der Waals surface area contributed by atoms with Crippen LogP contribution in [0.5, 0.6) is 11.5 Å². The lowest BCUT2D eigenvalue weighted by molar-refractivity contribution is -0.186. The molecule has 0 aromatic heterocycles. The van der Waals surface area contributed by atoms with Crippen LogP contribution in [0, 0.1) is 0 Å². The predicted molar refractivity (Wildman–Crippen MR) is 60.9 cm³/mol. The lowest BCUT2D eigenvalue weighted by Crippen LogP contribution is -2.15. The average Bonchev–Trinajstić information content (AvgIpc) is 2.27. The Labute approximate surface area is 104 Å². The molecule has 1 aromatic rings. The Bertz CT molecular complexity index is 438. The van der Waals surface area contributed by atoms with E-state index in [1.165, 1.54) is 33.1 Å². The summed E-state index contributed by atoms with van der Waals surface area (Å²) in [5, 5.41) is 9.88. The molecule has 0 atom stereocenters. The standard InChI is InChI=1S/C12H14O6/c1-7(13)17-12(18-8(2)14)9-5-4-6-10(16-3)11(9)15/h4-6,12,15H,1-3H3. The molecule has 0 unspecified atom stereocenters. The highest BCUT2D eigenvalue weighted by Gasteiger charge is 2.23. The number of para-hydroxylation sites is 1. The van der Waals surface area contributed by atoms with Crippen LogP contribution in [0.1, 0.15) is 25.7 Å². The summed E-state index contributed by atoms with van der Waals surface area (Å²) in [6, 6.07) is 4.57. The first kappa shape index (κ1) is 13.8. The van der Waals surface area contributed by atoms with Crippen molar-refractivity contribution in [2.45, 2.75) is 20.1 Å². The van der Waals surface area contributed by atoms with Crippen molar-refractivity contribution >= 4 is 11.9 Å². The van der Waals surface area contributed by atoms with Crippen LogP contribution in [0.15, 0.2) is 18.2 Å². The number of phenolic OH excluding ortho intramolecular Hbond substituents is 1. The van der Waals surface area contributed by atoms with Crippen molar-refractivity contribution in [2.24, 2.45) is 0 Å². The molecule has 0 bridgehead atoms. The number of phenols is 1. The molecule has 0 saturated heterocycles. The normalized spacial score (nSPS) is 10.0. The third-order valence-corrected chi connectivity index (χ3v) is 2.05. The van der Waals surface area contributed by atoms with Gasteiger partial charge in [-0.25, -0.2) is 0 Å². The molecule has 1 N–H and O–H groups in total. The van der Waals surface area contributed by atoms with Crippen LogP contribution in [0.2, 0.25) is 0 Å². The van der Waals surface area contributed by atoms with Crippen LogP contribution in [0.4, 0.5) is 0 Å². The SMILES string of the molecule is COc1cccc(C(OC(C)=O)OC(C)=O)c1O. The van der Waals surface area contributed by atoms with Crippen molar-refractivity contribution in [1.29, 1.82) is 0 Å². The van der Waals surface area contributed by atoms with Crippen LogP contribution < -0.4 is 4.74 Å². The fourth-order valence-electron chi connectivity index (χ4n) is 1.35. The number of carbonyl (C=O) groups is 2. The maximum Gasteiger partial charge on any atom is 0.305 e. The lowest BCUT2D eigenvalue weighted by atomic mass is 10.1.